The van der Waals surface area contributed by atoms with Crippen molar-refractivity contribution in [1.29, 1.82) is 5.41 Å². The summed E-state index contributed by atoms with van der Waals surface area (Å²) in [6, 6.07) is 5.06. The first kappa shape index (κ1) is 27.8. The van der Waals surface area contributed by atoms with Gasteiger partial charge in [-0.3, -0.25) is 9.59 Å². The van der Waals surface area contributed by atoms with Crippen molar-refractivity contribution >= 4 is 24.4 Å². The van der Waals surface area contributed by atoms with Gasteiger partial charge >= 0.3 is 12.3 Å². The van der Waals surface area contributed by atoms with Gasteiger partial charge in [0.1, 0.15) is 11.6 Å². The van der Waals surface area contributed by atoms with E-state index >= 15 is 0 Å². The standard InChI is InChI=1S/C19H24F3N3O4.CH3N/c1-24-12-14(18(27)28)7-3-2-4-9-16(23)25-17(26)11-13-6-5-8-15(10-13)29-19(20,21)22;1-2/h4-6,8-10,14,24H,2-3,7,11-12H2,1H3,(H,27,28)(H2,23,25,26);2H,1H2/b9-4-;. The number of carbonyl (C=O) groups is 2. The Balaban J connectivity index is 0.00000436. The van der Waals surface area contributed by atoms with E-state index in [1.807, 2.05) is 0 Å². The molecular formula is C20H27F3N4O4. The number of carboxylic acid groups (broad SMARTS) is 1. The van der Waals surface area contributed by atoms with Gasteiger partial charge in [0.15, 0.2) is 0 Å². The monoisotopic (exact) mass is 444 g/mol. The van der Waals surface area contributed by atoms with Gasteiger partial charge in [-0.05, 0) is 56.8 Å². The summed E-state index contributed by atoms with van der Waals surface area (Å²) < 4.78 is 40.5. The molecule has 172 valence electrons. The second-order valence-electron chi connectivity index (χ2n) is 6.23. The number of benzene rings is 1. The summed E-state index contributed by atoms with van der Waals surface area (Å²) in [7, 11) is 1.68. The topological polar surface area (TPSA) is 138 Å². The molecule has 0 aromatic heterocycles. The van der Waals surface area contributed by atoms with Crippen molar-refractivity contribution in [2.45, 2.75) is 32.0 Å². The zero-order valence-corrected chi connectivity index (χ0v) is 17.1. The van der Waals surface area contributed by atoms with Crippen molar-refractivity contribution in [1.82, 2.24) is 5.32 Å². The smallest absolute Gasteiger partial charge is 0.481 e. The summed E-state index contributed by atoms with van der Waals surface area (Å²) in [5.41, 5.74) is 5.95. The minimum absolute atomic E-state index is 0.0392. The minimum Gasteiger partial charge on any atom is -0.481 e. The SMILES string of the molecule is C=N.CNCC(CCC/C=C\C(N)=NC(=O)Cc1cccc(OC(F)(F)F)c1)C(=O)O. The Hall–Kier alpha value is -3.21. The van der Waals surface area contributed by atoms with Gasteiger partial charge in [-0.15, -0.1) is 13.2 Å². The van der Waals surface area contributed by atoms with Crippen LogP contribution in [-0.2, 0) is 16.0 Å². The lowest BCUT2D eigenvalue weighted by Crippen LogP contribution is -2.25. The molecule has 0 radical (unpaired) electrons. The first-order valence-corrected chi connectivity index (χ1v) is 9.21. The van der Waals surface area contributed by atoms with Crippen LogP contribution < -0.4 is 15.8 Å². The fourth-order valence-electron chi connectivity index (χ4n) is 2.49. The quantitative estimate of drug-likeness (QED) is 0.235. The van der Waals surface area contributed by atoms with Gasteiger partial charge in [0, 0.05) is 6.54 Å². The summed E-state index contributed by atoms with van der Waals surface area (Å²) in [6.07, 6.45) is -0.234. The van der Waals surface area contributed by atoms with Crippen molar-refractivity contribution < 1.29 is 32.6 Å². The molecule has 11 heteroatoms. The minimum atomic E-state index is -4.81. The summed E-state index contributed by atoms with van der Waals surface area (Å²) in [5.74, 6) is -2.41. The molecule has 1 unspecified atom stereocenters. The summed E-state index contributed by atoms with van der Waals surface area (Å²) in [5, 5.41) is 17.4. The zero-order chi connectivity index (χ0) is 23.9. The van der Waals surface area contributed by atoms with Crippen LogP contribution in [0, 0.1) is 11.3 Å². The normalized spacial score (nSPS) is 12.7. The van der Waals surface area contributed by atoms with Gasteiger partial charge in [-0.25, -0.2) is 0 Å². The Kier molecular flexibility index (Phi) is 13.2. The molecule has 0 aliphatic heterocycles. The number of nitrogens with two attached hydrogens (primary N) is 1. The Morgan fingerprint density at radius 3 is 2.65 bits per heavy atom. The van der Waals surface area contributed by atoms with Crippen LogP contribution in [0.5, 0.6) is 5.75 Å². The number of aliphatic carboxylic acids is 1. The Bertz CT molecular complexity index is 767. The van der Waals surface area contributed by atoms with E-state index in [0.29, 0.717) is 31.4 Å². The molecular weight excluding hydrogens is 417 g/mol. The molecule has 0 fully saturated rings. The number of carbonyl (C=O) groups excluding carboxylic acids is 1. The number of hydrogen-bond acceptors (Lipinski definition) is 5. The molecule has 5 N–H and O–H groups in total. The fourth-order valence-corrected chi connectivity index (χ4v) is 2.49. The van der Waals surface area contributed by atoms with E-state index in [2.05, 4.69) is 21.8 Å². The van der Waals surface area contributed by atoms with E-state index in [-0.39, 0.29) is 12.3 Å². The van der Waals surface area contributed by atoms with E-state index < -0.39 is 29.9 Å². The van der Waals surface area contributed by atoms with Gasteiger partial charge in [0.2, 0.25) is 0 Å². The molecule has 31 heavy (non-hydrogen) atoms. The molecule has 1 aromatic carbocycles. The number of alkyl halides is 3. The van der Waals surface area contributed by atoms with Crippen LogP contribution in [0.3, 0.4) is 0 Å². The van der Waals surface area contributed by atoms with Gasteiger partial charge in [-0.2, -0.15) is 4.99 Å². The third-order valence-electron chi connectivity index (χ3n) is 3.75. The van der Waals surface area contributed by atoms with Gasteiger partial charge < -0.3 is 26.3 Å². The molecule has 8 nitrogen and oxygen atoms in total. The van der Waals surface area contributed by atoms with Crippen LogP contribution in [0.2, 0.25) is 0 Å². The lowest BCUT2D eigenvalue weighted by molar-refractivity contribution is -0.274. The van der Waals surface area contributed by atoms with Crippen molar-refractivity contribution in [2.75, 3.05) is 13.6 Å². The third-order valence-corrected chi connectivity index (χ3v) is 3.75. The van der Waals surface area contributed by atoms with Crippen LogP contribution in [0.15, 0.2) is 41.4 Å². The number of halogens is 3. The number of amides is 1. The van der Waals surface area contributed by atoms with Crippen molar-refractivity contribution in [3.63, 3.8) is 0 Å². The first-order valence-electron chi connectivity index (χ1n) is 9.21. The predicted octanol–water partition coefficient (Wildman–Crippen LogP) is 2.92. The lowest BCUT2D eigenvalue weighted by atomic mass is 10.0. The highest BCUT2D eigenvalue weighted by molar-refractivity contribution is 6.00. The Morgan fingerprint density at radius 2 is 2.06 bits per heavy atom. The molecule has 1 atom stereocenters. The highest BCUT2D eigenvalue weighted by atomic mass is 19.4. The van der Waals surface area contributed by atoms with Crippen LogP contribution in [0.25, 0.3) is 0 Å². The maximum absolute atomic E-state index is 12.2. The average molecular weight is 444 g/mol. The van der Waals surface area contributed by atoms with E-state index in [4.69, 9.17) is 16.2 Å². The summed E-state index contributed by atoms with van der Waals surface area (Å²) >= 11 is 0. The fraction of sp³-hybridized carbons (Fsp3) is 0.400. The number of carboxylic acids is 1. The van der Waals surface area contributed by atoms with Crippen molar-refractivity contribution in [3.05, 3.63) is 42.0 Å². The van der Waals surface area contributed by atoms with E-state index in [1.165, 1.54) is 18.2 Å². The molecule has 0 spiro atoms. The molecule has 0 aliphatic carbocycles. The Labute approximate surface area is 178 Å². The number of amidine groups is 1. The number of unbranched alkanes of at least 4 members (excludes halogenated alkanes) is 1. The molecule has 0 saturated carbocycles. The second kappa shape index (κ2) is 14.7. The van der Waals surface area contributed by atoms with Gasteiger partial charge in [0.25, 0.3) is 5.91 Å². The molecule has 0 aliphatic rings. The van der Waals surface area contributed by atoms with E-state index in [9.17, 15) is 22.8 Å². The molecule has 1 aromatic rings. The van der Waals surface area contributed by atoms with Crippen LogP contribution >= 0.6 is 0 Å². The number of aliphatic imine (C=N–C) groups is 1. The zero-order valence-electron chi connectivity index (χ0n) is 17.1. The largest absolute Gasteiger partial charge is 0.573 e. The predicted molar refractivity (Wildman–Crippen MR) is 111 cm³/mol. The number of nitrogens with one attached hydrogen (secondary N) is 2. The third kappa shape index (κ3) is 13.6. The molecule has 0 heterocycles. The highest BCUT2D eigenvalue weighted by Crippen LogP contribution is 2.23. The number of ether oxygens (including phenoxy) is 1. The van der Waals surface area contributed by atoms with Crippen LogP contribution in [0.4, 0.5) is 13.2 Å². The number of rotatable bonds is 11. The van der Waals surface area contributed by atoms with Crippen LogP contribution in [-0.4, -0.2) is 49.5 Å². The van der Waals surface area contributed by atoms with Crippen molar-refractivity contribution in [3.8, 4) is 5.75 Å². The molecule has 0 saturated heterocycles. The van der Waals surface area contributed by atoms with Gasteiger partial charge in [-0.1, -0.05) is 18.2 Å². The molecule has 1 amide bonds. The maximum Gasteiger partial charge on any atom is 0.573 e. The summed E-state index contributed by atoms with van der Waals surface area (Å²) in [6.45, 7) is 2.88. The second-order valence-corrected chi connectivity index (χ2v) is 6.23. The number of hydrogen-bond donors (Lipinski definition) is 4. The Morgan fingerprint density at radius 1 is 1.39 bits per heavy atom. The highest BCUT2D eigenvalue weighted by Gasteiger charge is 2.31. The number of allylic oxidation sites excluding steroid dienone is 1. The van der Waals surface area contributed by atoms with Crippen molar-refractivity contribution in [2.24, 2.45) is 16.6 Å². The van der Waals surface area contributed by atoms with Gasteiger partial charge in [0.05, 0.1) is 12.3 Å². The maximum atomic E-state index is 12.2. The van der Waals surface area contributed by atoms with E-state index in [0.717, 1.165) is 12.1 Å². The number of nitrogens with zero attached hydrogens (tertiary/aromatic N) is 1. The molecule has 1 rings (SSSR count). The molecule has 0 bridgehead atoms. The first-order chi connectivity index (χ1) is 14.6. The lowest BCUT2D eigenvalue weighted by Gasteiger charge is -2.10. The van der Waals surface area contributed by atoms with Crippen LogP contribution in [0.1, 0.15) is 24.8 Å². The average Bonchev–Trinajstić information content (AvgIpc) is 2.67. The van der Waals surface area contributed by atoms with E-state index in [1.54, 1.807) is 13.1 Å². The summed E-state index contributed by atoms with van der Waals surface area (Å²) in [4.78, 5) is 26.6.